The van der Waals surface area contributed by atoms with Crippen molar-refractivity contribution in [2.24, 2.45) is 0 Å². The zero-order valence-electron chi connectivity index (χ0n) is 15.4. The van der Waals surface area contributed by atoms with Crippen LogP contribution < -0.4 is 0 Å². The van der Waals surface area contributed by atoms with Gasteiger partial charge in [0.05, 0.1) is 11.1 Å². The predicted octanol–water partition coefficient (Wildman–Crippen LogP) is 4.09. The second-order valence-electron chi connectivity index (χ2n) is 6.25. The van der Waals surface area contributed by atoms with Crippen molar-refractivity contribution < 1.29 is 19.4 Å². The molecule has 1 unspecified atom stereocenters. The summed E-state index contributed by atoms with van der Waals surface area (Å²) in [5.41, 5.74) is 3.33. The molecule has 0 radical (unpaired) electrons. The number of aromatic nitrogens is 1. The molecule has 6 heteroatoms. The Bertz CT molecular complexity index is 989. The molecule has 28 heavy (non-hydrogen) atoms. The van der Waals surface area contributed by atoms with Gasteiger partial charge in [-0.2, -0.15) is 5.26 Å². The van der Waals surface area contributed by atoms with Crippen molar-refractivity contribution in [1.82, 2.24) is 4.57 Å². The van der Waals surface area contributed by atoms with Crippen molar-refractivity contribution in [3.63, 3.8) is 0 Å². The Morgan fingerprint density at radius 2 is 1.96 bits per heavy atom. The highest BCUT2D eigenvalue weighted by Crippen LogP contribution is 2.28. The lowest BCUT2D eigenvalue weighted by Crippen LogP contribution is -2.16. The molecule has 0 aliphatic rings. The number of hydrogen-bond donors (Lipinski definition) is 1. The molecule has 142 valence electrons. The molecule has 0 saturated heterocycles. The van der Waals surface area contributed by atoms with E-state index >= 15 is 0 Å². The first-order chi connectivity index (χ1) is 13.6. The summed E-state index contributed by atoms with van der Waals surface area (Å²) in [6.45, 7) is 0.0734. The Kier molecular flexibility index (Phi) is 6.22. The maximum Gasteiger partial charge on any atom is 0.335 e. The summed E-state index contributed by atoms with van der Waals surface area (Å²) < 4.78 is 12.7. The van der Waals surface area contributed by atoms with Gasteiger partial charge in [-0.3, -0.25) is 0 Å². The van der Waals surface area contributed by atoms with Crippen LogP contribution in [0.2, 0.25) is 0 Å². The van der Waals surface area contributed by atoms with Gasteiger partial charge in [0, 0.05) is 31.5 Å². The van der Waals surface area contributed by atoms with Gasteiger partial charge in [0.25, 0.3) is 0 Å². The maximum absolute atomic E-state index is 11.2. The van der Waals surface area contributed by atoms with Crippen LogP contribution in [-0.2, 0) is 15.9 Å². The van der Waals surface area contributed by atoms with E-state index in [1.807, 2.05) is 47.2 Å². The van der Waals surface area contributed by atoms with Gasteiger partial charge in [-0.1, -0.05) is 42.5 Å². The van der Waals surface area contributed by atoms with Crippen LogP contribution in [0.1, 0.15) is 27.7 Å². The van der Waals surface area contributed by atoms with E-state index in [-0.39, 0.29) is 12.4 Å². The molecule has 3 aromatic rings. The van der Waals surface area contributed by atoms with Crippen molar-refractivity contribution in [3.8, 4) is 17.2 Å². The first kappa shape index (κ1) is 19.4. The number of carbonyl (C=O) groups is 1. The number of nitrogens with zero attached hydrogens (tertiary/aromatic N) is 2. The minimum atomic E-state index is -0.977. The predicted molar refractivity (Wildman–Crippen MR) is 104 cm³/mol. The summed E-state index contributed by atoms with van der Waals surface area (Å²) in [6, 6.07) is 18.6. The Hall–Kier alpha value is -3.40. The normalized spacial score (nSPS) is 11.7. The minimum Gasteiger partial charge on any atom is -0.478 e. The summed E-state index contributed by atoms with van der Waals surface area (Å²) >= 11 is 0. The number of benzene rings is 2. The zero-order valence-corrected chi connectivity index (χ0v) is 15.4. The molecule has 0 aliphatic heterocycles. The monoisotopic (exact) mass is 376 g/mol. The lowest BCUT2D eigenvalue weighted by atomic mass is 10.1. The lowest BCUT2D eigenvalue weighted by Gasteiger charge is -2.19. The maximum atomic E-state index is 11.2. The number of ether oxygens (including phenoxy) is 2. The Balaban J connectivity index is 1.94. The number of methoxy groups -OCH3 is 1. The largest absolute Gasteiger partial charge is 0.478 e. The van der Waals surface area contributed by atoms with Crippen molar-refractivity contribution in [1.29, 1.82) is 5.26 Å². The van der Waals surface area contributed by atoms with Gasteiger partial charge in [0.2, 0.25) is 0 Å². The first-order valence-corrected chi connectivity index (χ1v) is 8.72. The highest BCUT2D eigenvalue weighted by Gasteiger charge is 2.17. The van der Waals surface area contributed by atoms with E-state index in [9.17, 15) is 15.2 Å². The van der Waals surface area contributed by atoms with Crippen LogP contribution in [0.5, 0.6) is 0 Å². The highest BCUT2D eigenvalue weighted by molar-refractivity contribution is 5.87. The molecule has 6 nitrogen and oxygen atoms in total. The second-order valence-corrected chi connectivity index (χ2v) is 6.25. The second kappa shape index (κ2) is 9.00. The molecule has 2 aromatic carbocycles. The molecule has 1 atom stereocenters. The Morgan fingerprint density at radius 1 is 1.18 bits per heavy atom. The van der Waals surface area contributed by atoms with Gasteiger partial charge in [-0.25, -0.2) is 4.79 Å². The van der Waals surface area contributed by atoms with Gasteiger partial charge in [-0.15, -0.1) is 0 Å². The molecule has 0 bridgehead atoms. The number of aromatic carboxylic acids is 1. The van der Waals surface area contributed by atoms with E-state index in [0.29, 0.717) is 12.0 Å². The van der Waals surface area contributed by atoms with E-state index in [4.69, 9.17) is 9.47 Å². The summed E-state index contributed by atoms with van der Waals surface area (Å²) in [5, 5.41) is 18.8. The topological polar surface area (TPSA) is 84.5 Å². The summed E-state index contributed by atoms with van der Waals surface area (Å²) in [6.07, 6.45) is 3.59. The van der Waals surface area contributed by atoms with Crippen LogP contribution >= 0.6 is 0 Å². The highest BCUT2D eigenvalue weighted by atomic mass is 16.7. The third kappa shape index (κ3) is 4.46. The fraction of sp³-hybridized carbons (Fsp3) is 0.182. The van der Waals surface area contributed by atoms with Gasteiger partial charge < -0.3 is 19.1 Å². The third-order valence-electron chi connectivity index (χ3n) is 4.35. The van der Waals surface area contributed by atoms with E-state index in [1.165, 1.54) is 7.11 Å². The van der Waals surface area contributed by atoms with Crippen molar-refractivity contribution in [2.45, 2.75) is 12.6 Å². The number of nitriles is 1. The Morgan fingerprint density at radius 3 is 2.64 bits per heavy atom. The van der Waals surface area contributed by atoms with Crippen molar-refractivity contribution in [3.05, 3.63) is 83.7 Å². The van der Waals surface area contributed by atoms with Gasteiger partial charge in [0.15, 0.2) is 0 Å². The molecule has 1 heterocycles. The molecule has 0 fully saturated rings. The lowest BCUT2D eigenvalue weighted by molar-refractivity contribution is -0.1000. The van der Waals surface area contributed by atoms with Gasteiger partial charge in [-0.05, 0) is 23.3 Å². The minimum absolute atomic E-state index is 0.0734. The molecule has 0 aliphatic carbocycles. The molecular weight excluding hydrogens is 356 g/mol. The number of hydrogen-bond acceptors (Lipinski definition) is 4. The fourth-order valence-corrected chi connectivity index (χ4v) is 3.01. The number of carboxylic acid groups (broad SMARTS) is 1. The number of carboxylic acids is 1. The van der Waals surface area contributed by atoms with E-state index in [2.05, 4.69) is 6.07 Å². The quantitative estimate of drug-likeness (QED) is 0.599. The molecule has 0 spiro atoms. The molecule has 1 aromatic heterocycles. The average molecular weight is 376 g/mol. The van der Waals surface area contributed by atoms with Crippen LogP contribution in [0.3, 0.4) is 0 Å². The standard InChI is InChI=1S/C22H20N2O4/c1-27-15-28-21(11-16-6-5-9-18(10-16)22(25)26)24-13-19(12-23)20(14-24)17-7-3-2-4-8-17/h2-10,13-14,21H,11,15H2,1H3,(H,25,26). The smallest absolute Gasteiger partial charge is 0.335 e. The average Bonchev–Trinajstić information content (AvgIpc) is 3.16. The van der Waals surface area contributed by atoms with Crippen LogP contribution in [0.25, 0.3) is 11.1 Å². The van der Waals surface area contributed by atoms with E-state index < -0.39 is 12.2 Å². The van der Waals surface area contributed by atoms with Gasteiger partial charge in [0.1, 0.15) is 19.1 Å². The fourth-order valence-electron chi connectivity index (χ4n) is 3.01. The van der Waals surface area contributed by atoms with Crippen LogP contribution in [0.15, 0.2) is 67.0 Å². The van der Waals surface area contributed by atoms with E-state index in [0.717, 1.165) is 16.7 Å². The third-order valence-corrected chi connectivity index (χ3v) is 4.35. The summed E-state index contributed by atoms with van der Waals surface area (Å²) in [4.78, 5) is 11.2. The SMILES string of the molecule is COCOC(Cc1cccc(C(=O)O)c1)n1cc(C#N)c(-c2ccccc2)c1. The zero-order chi connectivity index (χ0) is 19.9. The van der Waals surface area contributed by atoms with Crippen LogP contribution in [0, 0.1) is 11.3 Å². The molecule has 0 amide bonds. The van der Waals surface area contributed by atoms with Crippen LogP contribution in [-0.4, -0.2) is 29.5 Å². The molecule has 3 rings (SSSR count). The Labute approximate surface area is 163 Å². The summed E-state index contributed by atoms with van der Waals surface area (Å²) in [5.74, 6) is -0.977. The molecular formula is C22H20N2O4. The van der Waals surface area contributed by atoms with Crippen molar-refractivity contribution in [2.75, 3.05) is 13.9 Å². The van der Waals surface area contributed by atoms with Gasteiger partial charge >= 0.3 is 5.97 Å². The van der Waals surface area contributed by atoms with Crippen LogP contribution in [0.4, 0.5) is 0 Å². The van der Waals surface area contributed by atoms with E-state index in [1.54, 1.807) is 24.4 Å². The molecule has 1 N–H and O–H groups in total. The molecule has 0 saturated carbocycles. The number of rotatable bonds is 8. The first-order valence-electron chi connectivity index (χ1n) is 8.72. The van der Waals surface area contributed by atoms with Crippen molar-refractivity contribution >= 4 is 5.97 Å². The summed E-state index contributed by atoms with van der Waals surface area (Å²) in [7, 11) is 1.54.